The summed E-state index contributed by atoms with van der Waals surface area (Å²) in [5, 5.41) is 0. The van der Waals surface area contributed by atoms with E-state index in [2.05, 4.69) is 5.43 Å². The maximum atomic E-state index is 11.0. The highest BCUT2D eigenvalue weighted by Gasteiger charge is 2.08. The minimum Gasteiger partial charge on any atom is -0.324 e. The van der Waals surface area contributed by atoms with Gasteiger partial charge < -0.3 is 5.73 Å². The Morgan fingerprint density at radius 2 is 2.33 bits per heavy atom. The van der Waals surface area contributed by atoms with Crippen LogP contribution in [0.5, 0.6) is 0 Å². The zero-order valence-corrected chi connectivity index (χ0v) is 7.52. The fourth-order valence-electron chi connectivity index (χ4n) is 0.791. The zero-order valence-electron chi connectivity index (χ0n) is 6.70. The normalized spacial score (nSPS) is 12.6. The lowest BCUT2D eigenvalue weighted by atomic mass is 10.3. The van der Waals surface area contributed by atoms with Crippen molar-refractivity contribution in [2.24, 2.45) is 11.6 Å². The summed E-state index contributed by atoms with van der Waals surface area (Å²) in [6.45, 7) is 1.87. The van der Waals surface area contributed by atoms with Crippen LogP contribution >= 0.6 is 11.3 Å². The van der Waals surface area contributed by atoms with Gasteiger partial charge in [-0.3, -0.25) is 10.2 Å². The van der Waals surface area contributed by atoms with Gasteiger partial charge in [0.2, 0.25) is 0 Å². The summed E-state index contributed by atoms with van der Waals surface area (Å²) in [5.74, 6) is 4.69. The van der Waals surface area contributed by atoms with Crippen molar-refractivity contribution in [1.29, 1.82) is 0 Å². The topological polar surface area (TPSA) is 81.1 Å². The molecule has 0 saturated carbocycles. The molecule has 1 rings (SSSR count). The zero-order chi connectivity index (χ0) is 9.14. The van der Waals surface area contributed by atoms with E-state index < -0.39 is 0 Å². The van der Waals surface area contributed by atoms with Crippen LogP contribution in [0, 0.1) is 0 Å². The number of amides is 1. The van der Waals surface area contributed by atoms with Crippen molar-refractivity contribution < 1.29 is 4.79 Å². The molecule has 1 aromatic rings. The number of nitrogen functional groups attached to an aromatic ring is 1. The average molecular weight is 185 g/mol. The van der Waals surface area contributed by atoms with Crippen LogP contribution in [0.3, 0.4) is 0 Å². The monoisotopic (exact) mass is 185 g/mol. The van der Waals surface area contributed by atoms with Crippen LogP contribution in [0.4, 0.5) is 0 Å². The molecule has 1 heterocycles. The lowest BCUT2D eigenvalue weighted by molar-refractivity contribution is 0.0957. The Kier molecular flexibility index (Phi) is 2.80. The standard InChI is InChI=1S/C7H11N3OS/c1-4(8)5-2-3-6(12-5)7(11)10-9/h2-4H,8-9H2,1H3,(H,10,11). The molecular weight excluding hydrogens is 174 g/mol. The van der Waals surface area contributed by atoms with Crippen LogP contribution in [0.25, 0.3) is 0 Å². The maximum absolute atomic E-state index is 11.0. The first-order valence-electron chi connectivity index (χ1n) is 3.51. The number of hydrazine groups is 1. The summed E-state index contributed by atoms with van der Waals surface area (Å²) < 4.78 is 0. The molecule has 0 aliphatic rings. The molecule has 1 aromatic heterocycles. The summed E-state index contributed by atoms with van der Waals surface area (Å²) in [6.07, 6.45) is 0. The van der Waals surface area contributed by atoms with Gasteiger partial charge in [-0.05, 0) is 19.1 Å². The van der Waals surface area contributed by atoms with E-state index in [1.54, 1.807) is 6.07 Å². The first kappa shape index (κ1) is 9.18. The van der Waals surface area contributed by atoms with Crippen molar-refractivity contribution in [2.75, 3.05) is 0 Å². The quantitative estimate of drug-likeness (QED) is 0.354. The van der Waals surface area contributed by atoms with Crippen LogP contribution in [-0.2, 0) is 0 Å². The second-order valence-corrected chi connectivity index (χ2v) is 3.58. The van der Waals surface area contributed by atoms with E-state index in [4.69, 9.17) is 11.6 Å². The Balaban J connectivity index is 2.84. The molecule has 0 radical (unpaired) electrons. The van der Waals surface area contributed by atoms with Gasteiger partial charge in [0.05, 0.1) is 4.88 Å². The Labute approximate surface area is 74.5 Å². The van der Waals surface area contributed by atoms with Gasteiger partial charge in [0.1, 0.15) is 0 Å². The Morgan fingerprint density at radius 3 is 2.75 bits per heavy atom. The van der Waals surface area contributed by atoms with Crippen molar-refractivity contribution in [3.8, 4) is 0 Å². The van der Waals surface area contributed by atoms with Crippen LogP contribution in [0.1, 0.15) is 27.5 Å². The number of thiophene rings is 1. The molecule has 1 atom stereocenters. The number of hydrogen-bond donors (Lipinski definition) is 3. The Morgan fingerprint density at radius 1 is 1.67 bits per heavy atom. The van der Waals surface area contributed by atoms with Gasteiger partial charge in [0, 0.05) is 10.9 Å². The fourth-order valence-corrected chi connectivity index (χ4v) is 1.65. The van der Waals surface area contributed by atoms with E-state index in [1.165, 1.54) is 11.3 Å². The number of nitrogens with one attached hydrogen (secondary N) is 1. The van der Waals surface area contributed by atoms with Gasteiger partial charge in [0.25, 0.3) is 5.91 Å². The molecule has 1 amide bonds. The molecule has 0 spiro atoms. The molecule has 1 unspecified atom stereocenters. The van der Waals surface area contributed by atoms with Crippen molar-refractivity contribution in [3.05, 3.63) is 21.9 Å². The SMILES string of the molecule is CC(N)c1ccc(C(=O)NN)s1. The second kappa shape index (κ2) is 3.66. The summed E-state index contributed by atoms with van der Waals surface area (Å²) in [7, 11) is 0. The minimum absolute atomic E-state index is 0.0330. The highest BCUT2D eigenvalue weighted by atomic mass is 32.1. The van der Waals surface area contributed by atoms with Crippen LogP contribution in [-0.4, -0.2) is 5.91 Å². The number of nitrogens with two attached hydrogens (primary N) is 2. The van der Waals surface area contributed by atoms with E-state index in [0.717, 1.165) is 4.88 Å². The minimum atomic E-state index is -0.271. The van der Waals surface area contributed by atoms with Gasteiger partial charge in [0.15, 0.2) is 0 Å². The number of carbonyl (C=O) groups excluding carboxylic acids is 1. The number of rotatable bonds is 2. The maximum Gasteiger partial charge on any atom is 0.275 e. The van der Waals surface area contributed by atoms with Gasteiger partial charge >= 0.3 is 0 Å². The van der Waals surface area contributed by atoms with E-state index in [0.29, 0.717) is 4.88 Å². The predicted octanol–water partition coefficient (Wildman–Crippen LogP) is 0.371. The summed E-state index contributed by atoms with van der Waals surface area (Å²) in [5.41, 5.74) is 7.68. The lowest BCUT2D eigenvalue weighted by Gasteiger charge is -1.98. The van der Waals surface area contributed by atoms with E-state index in [1.807, 2.05) is 13.0 Å². The van der Waals surface area contributed by atoms with E-state index >= 15 is 0 Å². The molecule has 0 fully saturated rings. The van der Waals surface area contributed by atoms with Crippen molar-refractivity contribution in [3.63, 3.8) is 0 Å². The molecule has 0 bridgehead atoms. The van der Waals surface area contributed by atoms with Crippen molar-refractivity contribution in [1.82, 2.24) is 5.43 Å². The fraction of sp³-hybridized carbons (Fsp3) is 0.286. The highest BCUT2D eigenvalue weighted by Crippen LogP contribution is 2.20. The molecule has 5 heteroatoms. The van der Waals surface area contributed by atoms with Gasteiger partial charge in [-0.2, -0.15) is 0 Å². The largest absolute Gasteiger partial charge is 0.324 e. The van der Waals surface area contributed by atoms with E-state index in [9.17, 15) is 4.79 Å². The third-order valence-electron chi connectivity index (χ3n) is 1.43. The highest BCUT2D eigenvalue weighted by molar-refractivity contribution is 7.14. The van der Waals surface area contributed by atoms with Crippen LogP contribution in [0.15, 0.2) is 12.1 Å². The summed E-state index contributed by atoms with van der Waals surface area (Å²) in [6, 6.07) is 3.51. The lowest BCUT2D eigenvalue weighted by Crippen LogP contribution is -2.29. The average Bonchev–Trinajstić information content (AvgIpc) is 2.51. The molecule has 66 valence electrons. The molecule has 0 saturated heterocycles. The van der Waals surface area contributed by atoms with Crippen molar-refractivity contribution >= 4 is 17.2 Å². The third-order valence-corrected chi connectivity index (χ3v) is 2.72. The molecule has 0 aliphatic carbocycles. The van der Waals surface area contributed by atoms with E-state index in [-0.39, 0.29) is 11.9 Å². The van der Waals surface area contributed by atoms with Crippen LogP contribution in [0.2, 0.25) is 0 Å². The first-order chi connectivity index (χ1) is 5.65. The summed E-state index contributed by atoms with van der Waals surface area (Å²) >= 11 is 1.36. The molecule has 4 nitrogen and oxygen atoms in total. The smallest absolute Gasteiger partial charge is 0.275 e. The molecule has 0 aliphatic heterocycles. The Hall–Kier alpha value is -0.910. The Bertz CT molecular complexity index is 282. The first-order valence-corrected chi connectivity index (χ1v) is 4.33. The van der Waals surface area contributed by atoms with Gasteiger partial charge in [-0.25, -0.2) is 5.84 Å². The van der Waals surface area contributed by atoms with Gasteiger partial charge in [-0.1, -0.05) is 0 Å². The predicted molar refractivity (Wildman–Crippen MR) is 48.6 cm³/mol. The molecule has 12 heavy (non-hydrogen) atoms. The number of carbonyl (C=O) groups is 1. The third kappa shape index (κ3) is 1.82. The molecular formula is C7H11N3OS. The molecule has 5 N–H and O–H groups in total. The number of hydrogen-bond acceptors (Lipinski definition) is 4. The van der Waals surface area contributed by atoms with Gasteiger partial charge in [-0.15, -0.1) is 11.3 Å². The molecule has 0 aromatic carbocycles. The second-order valence-electron chi connectivity index (χ2n) is 2.46. The van der Waals surface area contributed by atoms with Crippen LogP contribution < -0.4 is 17.0 Å². The van der Waals surface area contributed by atoms with Crippen molar-refractivity contribution in [2.45, 2.75) is 13.0 Å². The summed E-state index contributed by atoms with van der Waals surface area (Å²) in [4.78, 5) is 12.6.